The van der Waals surface area contributed by atoms with Gasteiger partial charge in [-0.2, -0.15) is 0 Å². The number of benzene rings is 1. The molecule has 0 heterocycles. The van der Waals surface area contributed by atoms with Crippen molar-refractivity contribution in [2.45, 2.75) is 6.04 Å². The standard InChI is InChI=1S/C9H7Br2N/c1-2-9(12)7-4-3-6(10)5-8(7)11/h1,3-5,9H,12H2. The minimum Gasteiger partial charge on any atom is -0.314 e. The SMILES string of the molecule is C#CC(N)c1ccc(Br)cc1Br. The van der Waals surface area contributed by atoms with Crippen LogP contribution < -0.4 is 5.73 Å². The van der Waals surface area contributed by atoms with Gasteiger partial charge in [0.2, 0.25) is 0 Å². The van der Waals surface area contributed by atoms with Crippen LogP contribution in [0.15, 0.2) is 27.1 Å². The first-order valence-corrected chi connectivity index (χ1v) is 4.90. The van der Waals surface area contributed by atoms with Gasteiger partial charge in [-0.15, -0.1) is 6.42 Å². The summed E-state index contributed by atoms with van der Waals surface area (Å²) in [6.07, 6.45) is 5.20. The fourth-order valence-electron chi connectivity index (χ4n) is 0.844. The average molecular weight is 289 g/mol. The summed E-state index contributed by atoms with van der Waals surface area (Å²) >= 11 is 6.73. The second-order valence-corrected chi connectivity index (χ2v) is 4.08. The summed E-state index contributed by atoms with van der Waals surface area (Å²) in [7, 11) is 0. The minimum atomic E-state index is -0.340. The molecule has 1 nitrogen and oxygen atoms in total. The first-order valence-electron chi connectivity index (χ1n) is 3.32. The summed E-state index contributed by atoms with van der Waals surface area (Å²) in [5.74, 6) is 2.47. The fraction of sp³-hybridized carbons (Fsp3) is 0.111. The molecule has 0 fully saturated rings. The largest absolute Gasteiger partial charge is 0.314 e. The number of halogens is 2. The molecule has 2 N–H and O–H groups in total. The predicted octanol–water partition coefficient (Wildman–Crippen LogP) is 2.84. The predicted molar refractivity (Wildman–Crippen MR) is 57.6 cm³/mol. The van der Waals surface area contributed by atoms with Gasteiger partial charge in [0.25, 0.3) is 0 Å². The van der Waals surface area contributed by atoms with Crippen LogP contribution in [0, 0.1) is 12.3 Å². The molecule has 0 amide bonds. The van der Waals surface area contributed by atoms with E-state index in [1.165, 1.54) is 0 Å². The maximum atomic E-state index is 5.66. The molecule has 12 heavy (non-hydrogen) atoms. The highest BCUT2D eigenvalue weighted by molar-refractivity contribution is 9.11. The average Bonchev–Trinajstić information content (AvgIpc) is 2.03. The molecule has 0 aliphatic heterocycles. The van der Waals surface area contributed by atoms with Crippen molar-refractivity contribution >= 4 is 31.9 Å². The van der Waals surface area contributed by atoms with E-state index in [2.05, 4.69) is 37.8 Å². The molecule has 0 radical (unpaired) electrons. The van der Waals surface area contributed by atoms with Gasteiger partial charge in [0.05, 0.1) is 6.04 Å². The third-order valence-electron chi connectivity index (χ3n) is 1.48. The highest BCUT2D eigenvalue weighted by Crippen LogP contribution is 2.25. The number of hydrogen-bond donors (Lipinski definition) is 1. The van der Waals surface area contributed by atoms with Crippen molar-refractivity contribution in [1.29, 1.82) is 0 Å². The maximum absolute atomic E-state index is 5.66. The Balaban J connectivity index is 3.11. The zero-order valence-electron chi connectivity index (χ0n) is 6.22. The first-order chi connectivity index (χ1) is 5.65. The number of rotatable bonds is 1. The molecular weight excluding hydrogens is 282 g/mol. The van der Waals surface area contributed by atoms with E-state index in [0.29, 0.717) is 0 Å². The van der Waals surface area contributed by atoms with E-state index in [1.54, 1.807) is 0 Å². The van der Waals surface area contributed by atoms with Crippen LogP contribution in [0.25, 0.3) is 0 Å². The molecule has 0 saturated carbocycles. The van der Waals surface area contributed by atoms with Gasteiger partial charge in [-0.3, -0.25) is 0 Å². The third-order valence-corrected chi connectivity index (χ3v) is 2.66. The Hall–Kier alpha value is -0.300. The van der Waals surface area contributed by atoms with Gasteiger partial charge in [-0.25, -0.2) is 0 Å². The normalized spacial score (nSPS) is 12.2. The van der Waals surface area contributed by atoms with Crippen molar-refractivity contribution in [2.75, 3.05) is 0 Å². The fourth-order valence-corrected chi connectivity index (χ4v) is 2.14. The van der Waals surface area contributed by atoms with Crippen molar-refractivity contribution in [3.05, 3.63) is 32.7 Å². The van der Waals surface area contributed by atoms with Gasteiger partial charge < -0.3 is 5.73 Å². The summed E-state index contributed by atoms with van der Waals surface area (Å²) in [4.78, 5) is 0. The van der Waals surface area contributed by atoms with Crippen LogP contribution in [-0.4, -0.2) is 0 Å². The highest BCUT2D eigenvalue weighted by Gasteiger charge is 2.06. The lowest BCUT2D eigenvalue weighted by Crippen LogP contribution is -2.07. The van der Waals surface area contributed by atoms with Gasteiger partial charge in [0.15, 0.2) is 0 Å². The quantitative estimate of drug-likeness (QED) is 0.790. The number of terminal acetylenes is 1. The van der Waals surface area contributed by atoms with Crippen LogP contribution in [0.5, 0.6) is 0 Å². The van der Waals surface area contributed by atoms with Crippen molar-refractivity contribution in [1.82, 2.24) is 0 Å². The summed E-state index contributed by atoms with van der Waals surface area (Å²) in [5, 5.41) is 0. The van der Waals surface area contributed by atoms with Gasteiger partial charge >= 0.3 is 0 Å². The molecule has 0 aromatic heterocycles. The summed E-state index contributed by atoms with van der Waals surface area (Å²) in [5.41, 5.74) is 6.59. The molecule has 1 unspecified atom stereocenters. The number of nitrogens with two attached hydrogens (primary N) is 1. The highest BCUT2D eigenvalue weighted by atomic mass is 79.9. The molecular formula is C9H7Br2N. The van der Waals surface area contributed by atoms with Crippen LogP contribution in [0.1, 0.15) is 11.6 Å². The Morgan fingerprint density at radius 3 is 2.58 bits per heavy atom. The first kappa shape index (κ1) is 9.79. The van der Waals surface area contributed by atoms with E-state index in [0.717, 1.165) is 14.5 Å². The van der Waals surface area contributed by atoms with E-state index >= 15 is 0 Å². The maximum Gasteiger partial charge on any atom is 0.0929 e. The van der Waals surface area contributed by atoms with Crippen molar-refractivity contribution < 1.29 is 0 Å². The molecule has 0 spiro atoms. The lowest BCUT2D eigenvalue weighted by Gasteiger charge is -2.07. The molecule has 1 atom stereocenters. The number of hydrogen-bond acceptors (Lipinski definition) is 1. The third kappa shape index (κ3) is 2.10. The Morgan fingerprint density at radius 1 is 1.42 bits per heavy atom. The molecule has 0 aliphatic rings. The van der Waals surface area contributed by atoms with Crippen LogP contribution in [0.3, 0.4) is 0 Å². The molecule has 1 aromatic carbocycles. The summed E-state index contributed by atoms with van der Waals surface area (Å²) < 4.78 is 1.93. The van der Waals surface area contributed by atoms with E-state index in [9.17, 15) is 0 Å². The Labute approximate surface area is 88.6 Å². The van der Waals surface area contributed by atoms with Gasteiger partial charge in [0.1, 0.15) is 0 Å². The van der Waals surface area contributed by atoms with Gasteiger partial charge in [-0.05, 0) is 17.7 Å². The Kier molecular flexibility index (Phi) is 3.33. The molecule has 0 bridgehead atoms. The van der Waals surface area contributed by atoms with Crippen LogP contribution in [-0.2, 0) is 0 Å². The van der Waals surface area contributed by atoms with Crippen LogP contribution in [0.4, 0.5) is 0 Å². The molecule has 0 aliphatic carbocycles. The van der Waals surface area contributed by atoms with Gasteiger partial charge in [0, 0.05) is 8.95 Å². The van der Waals surface area contributed by atoms with E-state index < -0.39 is 0 Å². The van der Waals surface area contributed by atoms with Crippen molar-refractivity contribution in [3.63, 3.8) is 0 Å². The van der Waals surface area contributed by atoms with Crippen LogP contribution in [0.2, 0.25) is 0 Å². The molecule has 62 valence electrons. The zero-order chi connectivity index (χ0) is 9.14. The summed E-state index contributed by atoms with van der Waals surface area (Å²) in [6.45, 7) is 0. The second-order valence-electron chi connectivity index (χ2n) is 2.31. The molecule has 0 saturated heterocycles. The van der Waals surface area contributed by atoms with E-state index in [-0.39, 0.29) is 6.04 Å². The van der Waals surface area contributed by atoms with Gasteiger partial charge in [-0.1, -0.05) is 43.8 Å². The Bertz CT molecular complexity index is 328. The molecule has 3 heteroatoms. The van der Waals surface area contributed by atoms with E-state index in [1.807, 2.05) is 18.2 Å². The minimum absolute atomic E-state index is 0.340. The smallest absolute Gasteiger partial charge is 0.0929 e. The van der Waals surface area contributed by atoms with Crippen molar-refractivity contribution in [3.8, 4) is 12.3 Å². The van der Waals surface area contributed by atoms with E-state index in [4.69, 9.17) is 12.2 Å². The topological polar surface area (TPSA) is 26.0 Å². The van der Waals surface area contributed by atoms with Crippen LogP contribution >= 0.6 is 31.9 Å². The zero-order valence-corrected chi connectivity index (χ0v) is 9.39. The lowest BCUT2D eigenvalue weighted by molar-refractivity contribution is 0.938. The Morgan fingerprint density at radius 2 is 2.08 bits per heavy atom. The second kappa shape index (κ2) is 4.08. The molecule has 1 aromatic rings. The summed E-state index contributed by atoms with van der Waals surface area (Å²) in [6, 6.07) is 5.40. The monoisotopic (exact) mass is 287 g/mol. The molecule has 1 rings (SSSR count). The van der Waals surface area contributed by atoms with Crippen molar-refractivity contribution in [2.24, 2.45) is 5.73 Å². The lowest BCUT2D eigenvalue weighted by atomic mass is 10.1.